The number of carbonyl (C=O) groups is 1. The molecule has 0 saturated carbocycles. The molecule has 20 heavy (non-hydrogen) atoms. The zero-order chi connectivity index (χ0) is 14.2. The van der Waals surface area contributed by atoms with E-state index in [9.17, 15) is 4.79 Å². The first-order chi connectivity index (χ1) is 9.74. The average Bonchev–Trinajstić information content (AvgIpc) is 2.48. The summed E-state index contributed by atoms with van der Waals surface area (Å²) in [5.74, 6) is -0.0547. The molecule has 2 rings (SSSR count). The molecular formula is C18H19NO. The second kappa shape index (κ2) is 7.29. The molecule has 0 atom stereocenters. The summed E-state index contributed by atoms with van der Waals surface area (Å²) in [6.07, 6.45) is 4.25. The molecule has 0 spiro atoms. The van der Waals surface area contributed by atoms with Crippen LogP contribution in [0.15, 0.2) is 60.7 Å². The van der Waals surface area contributed by atoms with E-state index >= 15 is 0 Å². The highest BCUT2D eigenvalue weighted by Crippen LogP contribution is 2.03. The standard InChI is InChI=1S/C18H19NO/c1-15-7-9-17(10-8-15)13-14-19-18(20)12-11-16-5-3-2-4-6-16/h2-12H,13-14H2,1H3,(H,19,20)/b12-11+. The van der Waals surface area contributed by atoms with E-state index in [-0.39, 0.29) is 5.91 Å². The van der Waals surface area contributed by atoms with Gasteiger partial charge in [-0.15, -0.1) is 0 Å². The van der Waals surface area contributed by atoms with Crippen molar-refractivity contribution in [3.63, 3.8) is 0 Å². The molecule has 0 aliphatic heterocycles. The molecular weight excluding hydrogens is 246 g/mol. The SMILES string of the molecule is Cc1ccc(CCNC(=O)/C=C/c2ccccc2)cc1. The first-order valence-electron chi connectivity index (χ1n) is 6.80. The van der Waals surface area contributed by atoms with E-state index in [2.05, 4.69) is 36.5 Å². The third-order valence-corrected chi connectivity index (χ3v) is 3.06. The second-order valence-corrected chi connectivity index (χ2v) is 4.77. The number of aryl methyl sites for hydroxylation is 1. The highest BCUT2D eigenvalue weighted by atomic mass is 16.1. The third-order valence-electron chi connectivity index (χ3n) is 3.06. The van der Waals surface area contributed by atoms with Crippen molar-refractivity contribution >= 4 is 12.0 Å². The molecule has 1 amide bonds. The van der Waals surface area contributed by atoms with Gasteiger partial charge in [0, 0.05) is 12.6 Å². The number of nitrogens with one attached hydrogen (secondary N) is 1. The maximum Gasteiger partial charge on any atom is 0.244 e. The minimum atomic E-state index is -0.0547. The van der Waals surface area contributed by atoms with E-state index in [0.29, 0.717) is 6.54 Å². The molecule has 2 heteroatoms. The van der Waals surface area contributed by atoms with Crippen LogP contribution in [0, 0.1) is 6.92 Å². The molecule has 0 saturated heterocycles. The Kier molecular flexibility index (Phi) is 5.13. The predicted octanol–water partition coefficient (Wildman–Crippen LogP) is 3.37. The highest BCUT2D eigenvalue weighted by Gasteiger charge is 1.96. The van der Waals surface area contributed by atoms with Crippen LogP contribution in [0.4, 0.5) is 0 Å². The minimum absolute atomic E-state index is 0.0547. The van der Waals surface area contributed by atoms with Crippen LogP contribution >= 0.6 is 0 Å². The van der Waals surface area contributed by atoms with Gasteiger partial charge >= 0.3 is 0 Å². The maximum atomic E-state index is 11.7. The predicted molar refractivity (Wildman–Crippen MR) is 83.4 cm³/mol. The van der Waals surface area contributed by atoms with Crippen LogP contribution in [-0.4, -0.2) is 12.5 Å². The number of rotatable bonds is 5. The van der Waals surface area contributed by atoms with Crippen molar-refractivity contribution in [3.05, 3.63) is 77.4 Å². The minimum Gasteiger partial charge on any atom is -0.352 e. The van der Waals surface area contributed by atoms with Gasteiger partial charge in [0.05, 0.1) is 0 Å². The first-order valence-corrected chi connectivity index (χ1v) is 6.80. The van der Waals surface area contributed by atoms with Crippen molar-refractivity contribution < 1.29 is 4.79 Å². The van der Waals surface area contributed by atoms with Crippen LogP contribution in [-0.2, 0) is 11.2 Å². The fourth-order valence-corrected chi connectivity index (χ4v) is 1.88. The van der Waals surface area contributed by atoms with Crippen molar-refractivity contribution in [2.75, 3.05) is 6.54 Å². The summed E-state index contributed by atoms with van der Waals surface area (Å²) >= 11 is 0. The lowest BCUT2D eigenvalue weighted by atomic mass is 10.1. The molecule has 0 aliphatic carbocycles. The van der Waals surface area contributed by atoms with E-state index in [1.165, 1.54) is 11.1 Å². The largest absolute Gasteiger partial charge is 0.352 e. The molecule has 0 aromatic heterocycles. The lowest BCUT2D eigenvalue weighted by Gasteiger charge is -2.03. The van der Waals surface area contributed by atoms with Crippen molar-refractivity contribution in [2.45, 2.75) is 13.3 Å². The topological polar surface area (TPSA) is 29.1 Å². The average molecular weight is 265 g/mol. The summed E-state index contributed by atoms with van der Waals surface area (Å²) in [4.78, 5) is 11.7. The van der Waals surface area contributed by atoms with Gasteiger partial charge in [-0.1, -0.05) is 60.2 Å². The summed E-state index contributed by atoms with van der Waals surface area (Å²) in [6.45, 7) is 2.72. The van der Waals surface area contributed by atoms with Gasteiger partial charge < -0.3 is 5.32 Å². The highest BCUT2D eigenvalue weighted by molar-refractivity contribution is 5.91. The second-order valence-electron chi connectivity index (χ2n) is 4.77. The summed E-state index contributed by atoms with van der Waals surface area (Å²) in [5.41, 5.74) is 3.52. The Bertz CT molecular complexity index is 570. The normalized spacial score (nSPS) is 10.7. The van der Waals surface area contributed by atoms with Gasteiger partial charge in [0.15, 0.2) is 0 Å². The van der Waals surface area contributed by atoms with Gasteiger partial charge in [-0.3, -0.25) is 4.79 Å². The Morgan fingerprint density at radius 3 is 2.45 bits per heavy atom. The molecule has 2 nitrogen and oxygen atoms in total. The van der Waals surface area contributed by atoms with E-state index in [0.717, 1.165) is 12.0 Å². The summed E-state index contributed by atoms with van der Waals surface area (Å²) in [7, 11) is 0. The summed E-state index contributed by atoms with van der Waals surface area (Å²) in [6, 6.07) is 18.2. The van der Waals surface area contributed by atoms with E-state index in [1.807, 2.05) is 36.4 Å². The molecule has 0 radical (unpaired) electrons. The van der Waals surface area contributed by atoms with E-state index < -0.39 is 0 Å². The maximum absolute atomic E-state index is 11.7. The Hall–Kier alpha value is -2.35. The summed E-state index contributed by atoms with van der Waals surface area (Å²) < 4.78 is 0. The van der Waals surface area contributed by atoms with Crippen LogP contribution in [0.5, 0.6) is 0 Å². The molecule has 0 heterocycles. The fraction of sp³-hybridized carbons (Fsp3) is 0.167. The lowest BCUT2D eigenvalue weighted by Crippen LogP contribution is -2.23. The Labute approximate surface area is 120 Å². The first kappa shape index (κ1) is 14.1. The lowest BCUT2D eigenvalue weighted by molar-refractivity contribution is -0.116. The smallest absolute Gasteiger partial charge is 0.244 e. The Morgan fingerprint density at radius 1 is 1.05 bits per heavy atom. The van der Waals surface area contributed by atoms with Crippen LogP contribution in [0.25, 0.3) is 6.08 Å². The molecule has 1 N–H and O–H groups in total. The molecule has 2 aromatic carbocycles. The Balaban J connectivity index is 1.75. The number of benzene rings is 2. The quantitative estimate of drug-likeness (QED) is 0.825. The number of amides is 1. The van der Waals surface area contributed by atoms with Crippen molar-refractivity contribution in [2.24, 2.45) is 0 Å². The number of hydrogen-bond acceptors (Lipinski definition) is 1. The van der Waals surface area contributed by atoms with Crippen molar-refractivity contribution in [3.8, 4) is 0 Å². The summed E-state index contributed by atoms with van der Waals surface area (Å²) in [5, 5.41) is 2.89. The third kappa shape index (κ3) is 4.73. The van der Waals surface area contributed by atoms with Crippen molar-refractivity contribution in [1.29, 1.82) is 0 Å². The van der Waals surface area contributed by atoms with Gasteiger partial charge in [-0.25, -0.2) is 0 Å². The van der Waals surface area contributed by atoms with Gasteiger partial charge in [0.2, 0.25) is 5.91 Å². The monoisotopic (exact) mass is 265 g/mol. The number of hydrogen-bond donors (Lipinski definition) is 1. The van der Waals surface area contributed by atoms with Crippen molar-refractivity contribution in [1.82, 2.24) is 5.32 Å². The number of carbonyl (C=O) groups excluding carboxylic acids is 1. The van der Waals surface area contributed by atoms with E-state index in [4.69, 9.17) is 0 Å². The Morgan fingerprint density at radius 2 is 1.75 bits per heavy atom. The van der Waals surface area contributed by atoms with Crippen LogP contribution in [0.1, 0.15) is 16.7 Å². The van der Waals surface area contributed by atoms with Crippen LogP contribution in [0.3, 0.4) is 0 Å². The fourth-order valence-electron chi connectivity index (χ4n) is 1.88. The molecule has 0 unspecified atom stereocenters. The zero-order valence-corrected chi connectivity index (χ0v) is 11.7. The van der Waals surface area contributed by atoms with Gasteiger partial charge in [0.1, 0.15) is 0 Å². The van der Waals surface area contributed by atoms with Crippen LogP contribution < -0.4 is 5.32 Å². The molecule has 102 valence electrons. The van der Waals surface area contributed by atoms with Gasteiger partial charge in [0.25, 0.3) is 0 Å². The van der Waals surface area contributed by atoms with Gasteiger partial charge in [-0.05, 0) is 30.5 Å². The molecule has 0 fully saturated rings. The molecule has 2 aromatic rings. The van der Waals surface area contributed by atoms with E-state index in [1.54, 1.807) is 6.08 Å². The molecule has 0 aliphatic rings. The van der Waals surface area contributed by atoms with Gasteiger partial charge in [-0.2, -0.15) is 0 Å². The van der Waals surface area contributed by atoms with Crippen LogP contribution in [0.2, 0.25) is 0 Å². The zero-order valence-electron chi connectivity index (χ0n) is 11.7. The molecule has 0 bridgehead atoms.